The van der Waals surface area contributed by atoms with E-state index in [9.17, 15) is 4.39 Å². The van der Waals surface area contributed by atoms with Gasteiger partial charge in [0.15, 0.2) is 5.76 Å². The molecule has 0 radical (unpaired) electrons. The van der Waals surface area contributed by atoms with Crippen molar-refractivity contribution in [2.45, 2.75) is 46.4 Å². The standard InChI is InChI=1S/C16H21FN2O2/c1-11-7-13(5-6-15(11)17)20-10-14-8-12(19-21-14)9-18-16(2,3)4/h5-8,18H,9-10H2,1-4H3. The maximum absolute atomic E-state index is 13.2. The Balaban J connectivity index is 1.89. The van der Waals surface area contributed by atoms with Crippen LogP contribution in [0.1, 0.15) is 37.8 Å². The maximum atomic E-state index is 13.2. The Labute approximate surface area is 124 Å². The van der Waals surface area contributed by atoms with Gasteiger partial charge >= 0.3 is 0 Å². The average Bonchev–Trinajstić information content (AvgIpc) is 2.85. The third kappa shape index (κ3) is 4.86. The van der Waals surface area contributed by atoms with E-state index in [0.717, 1.165) is 5.69 Å². The van der Waals surface area contributed by atoms with Gasteiger partial charge in [-0.05, 0) is 51.5 Å². The number of benzene rings is 1. The highest BCUT2D eigenvalue weighted by atomic mass is 19.1. The van der Waals surface area contributed by atoms with E-state index in [2.05, 4.69) is 31.2 Å². The Morgan fingerprint density at radius 1 is 1.29 bits per heavy atom. The maximum Gasteiger partial charge on any atom is 0.174 e. The summed E-state index contributed by atoms with van der Waals surface area (Å²) in [6.45, 7) is 8.89. The summed E-state index contributed by atoms with van der Waals surface area (Å²) < 4.78 is 23.9. The quantitative estimate of drug-likeness (QED) is 0.915. The molecule has 1 aromatic heterocycles. The van der Waals surface area contributed by atoms with Crippen LogP contribution in [0.2, 0.25) is 0 Å². The number of hydrogen-bond acceptors (Lipinski definition) is 4. The summed E-state index contributed by atoms with van der Waals surface area (Å²) in [7, 11) is 0. The summed E-state index contributed by atoms with van der Waals surface area (Å²) in [6, 6.07) is 6.51. The third-order valence-corrected chi connectivity index (χ3v) is 2.92. The molecule has 1 heterocycles. The number of rotatable bonds is 5. The minimum atomic E-state index is -0.238. The highest BCUT2D eigenvalue weighted by Gasteiger charge is 2.11. The van der Waals surface area contributed by atoms with E-state index in [1.807, 2.05) is 6.07 Å². The minimum Gasteiger partial charge on any atom is -0.486 e. The van der Waals surface area contributed by atoms with Crippen molar-refractivity contribution in [3.05, 3.63) is 47.1 Å². The Morgan fingerprint density at radius 2 is 2.05 bits per heavy atom. The van der Waals surface area contributed by atoms with Crippen LogP contribution in [0.3, 0.4) is 0 Å². The highest BCUT2D eigenvalue weighted by Crippen LogP contribution is 2.17. The molecule has 0 aliphatic carbocycles. The zero-order chi connectivity index (χ0) is 15.5. The van der Waals surface area contributed by atoms with Gasteiger partial charge in [0.25, 0.3) is 0 Å². The lowest BCUT2D eigenvalue weighted by Gasteiger charge is -2.19. The van der Waals surface area contributed by atoms with Gasteiger partial charge in [0.05, 0.1) is 5.69 Å². The summed E-state index contributed by atoms with van der Waals surface area (Å²) in [5.74, 6) is 1.01. The van der Waals surface area contributed by atoms with Crippen LogP contribution in [-0.2, 0) is 13.2 Å². The smallest absolute Gasteiger partial charge is 0.174 e. The second kappa shape index (κ2) is 6.26. The van der Waals surface area contributed by atoms with Gasteiger partial charge < -0.3 is 14.6 Å². The van der Waals surface area contributed by atoms with E-state index in [1.54, 1.807) is 19.1 Å². The molecule has 21 heavy (non-hydrogen) atoms. The fraction of sp³-hybridized carbons (Fsp3) is 0.438. The zero-order valence-corrected chi connectivity index (χ0v) is 12.9. The van der Waals surface area contributed by atoms with Crippen molar-refractivity contribution < 1.29 is 13.7 Å². The number of halogens is 1. The van der Waals surface area contributed by atoms with Gasteiger partial charge in [0, 0.05) is 18.2 Å². The Bertz CT molecular complexity index is 603. The SMILES string of the molecule is Cc1cc(OCc2cc(CNC(C)(C)C)no2)ccc1F. The fourth-order valence-electron chi connectivity index (χ4n) is 1.72. The number of aromatic nitrogens is 1. The molecule has 0 spiro atoms. The van der Waals surface area contributed by atoms with E-state index in [0.29, 0.717) is 23.6 Å². The molecule has 0 amide bonds. The number of hydrogen-bond donors (Lipinski definition) is 1. The lowest BCUT2D eigenvalue weighted by atomic mass is 10.1. The van der Waals surface area contributed by atoms with Crippen LogP contribution in [-0.4, -0.2) is 10.7 Å². The van der Waals surface area contributed by atoms with Crippen LogP contribution >= 0.6 is 0 Å². The van der Waals surface area contributed by atoms with Gasteiger partial charge in [-0.25, -0.2) is 4.39 Å². The van der Waals surface area contributed by atoms with Crippen molar-refractivity contribution >= 4 is 0 Å². The molecule has 0 saturated heterocycles. The molecule has 2 rings (SSSR count). The molecule has 0 aliphatic rings. The van der Waals surface area contributed by atoms with Crippen molar-refractivity contribution in [1.29, 1.82) is 0 Å². The van der Waals surface area contributed by atoms with Gasteiger partial charge in [-0.3, -0.25) is 0 Å². The number of nitrogens with zero attached hydrogens (tertiary/aromatic N) is 1. The Kier molecular flexibility index (Phi) is 4.63. The first-order valence-electron chi connectivity index (χ1n) is 6.92. The molecular formula is C16H21FN2O2. The lowest BCUT2D eigenvalue weighted by molar-refractivity contribution is 0.247. The molecule has 0 fully saturated rings. The first-order chi connectivity index (χ1) is 9.83. The zero-order valence-electron chi connectivity index (χ0n) is 12.9. The van der Waals surface area contributed by atoms with Crippen molar-refractivity contribution in [3.63, 3.8) is 0 Å². The van der Waals surface area contributed by atoms with E-state index in [-0.39, 0.29) is 18.0 Å². The van der Waals surface area contributed by atoms with E-state index in [1.165, 1.54) is 6.07 Å². The second-order valence-electron chi connectivity index (χ2n) is 6.09. The number of aryl methyl sites for hydroxylation is 1. The molecule has 5 heteroatoms. The molecule has 2 aromatic rings. The normalized spacial score (nSPS) is 11.7. The molecule has 0 aliphatic heterocycles. The largest absolute Gasteiger partial charge is 0.486 e. The predicted molar refractivity (Wildman–Crippen MR) is 78.6 cm³/mol. The average molecular weight is 292 g/mol. The molecule has 1 N–H and O–H groups in total. The van der Waals surface area contributed by atoms with Gasteiger partial charge in [-0.2, -0.15) is 0 Å². The van der Waals surface area contributed by atoms with E-state index < -0.39 is 0 Å². The molecule has 0 saturated carbocycles. The fourth-order valence-corrected chi connectivity index (χ4v) is 1.72. The van der Waals surface area contributed by atoms with Gasteiger partial charge in [0.2, 0.25) is 0 Å². The van der Waals surface area contributed by atoms with Gasteiger partial charge in [-0.15, -0.1) is 0 Å². The lowest BCUT2D eigenvalue weighted by Crippen LogP contribution is -2.35. The Hall–Kier alpha value is -1.88. The molecule has 0 unspecified atom stereocenters. The van der Waals surface area contributed by atoms with Crippen LogP contribution in [0, 0.1) is 12.7 Å². The molecule has 0 bridgehead atoms. The topological polar surface area (TPSA) is 47.3 Å². The summed E-state index contributed by atoms with van der Waals surface area (Å²) in [5.41, 5.74) is 1.42. The molecular weight excluding hydrogens is 271 g/mol. The van der Waals surface area contributed by atoms with Gasteiger partial charge in [-0.1, -0.05) is 5.16 Å². The van der Waals surface area contributed by atoms with E-state index in [4.69, 9.17) is 9.26 Å². The van der Waals surface area contributed by atoms with Gasteiger partial charge in [0.1, 0.15) is 18.2 Å². The van der Waals surface area contributed by atoms with Crippen molar-refractivity contribution in [2.75, 3.05) is 0 Å². The number of ether oxygens (including phenoxy) is 1. The van der Waals surface area contributed by atoms with Crippen LogP contribution in [0.5, 0.6) is 5.75 Å². The first-order valence-corrected chi connectivity index (χ1v) is 6.92. The molecule has 1 aromatic carbocycles. The third-order valence-electron chi connectivity index (χ3n) is 2.92. The monoisotopic (exact) mass is 292 g/mol. The summed E-state index contributed by atoms with van der Waals surface area (Å²) >= 11 is 0. The molecule has 4 nitrogen and oxygen atoms in total. The second-order valence-corrected chi connectivity index (χ2v) is 6.09. The van der Waals surface area contributed by atoms with Crippen molar-refractivity contribution in [2.24, 2.45) is 0 Å². The summed E-state index contributed by atoms with van der Waals surface area (Å²) in [5, 5.41) is 7.32. The van der Waals surface area contributed by atoms with Crippen LogP contribution in [0.15, 0.2) is 28.8 Å². The molecule has 0 atom stereocenters. The van der Waals surface area contributed by atoms with Crippen LogP contribution in [0.4, 0.5) is 4.39 Å². The Morgan fingerprint density at radius 3 is 2.71 bits per heavy atom. The molecule has 114 valence electrons. The first kappa shape index (κ1) is 15.5. The number of nitrogens with one attached hydrogen (secondary N) is 1. The van der Waals surface area contributed by atoms with Crippen LogP contribution in [0.25, 0.3) is 0 Å². The highest BCUT2D eigenvalue weighted by molar-refractivity contribution is 5.28. The van der Waals surface area contributed by atoms with Crippen molar-refractivity contribution in [1.82, 2.24) is 10.5 Å². The van der Waals surface area contributed by atoms with Crippen LogP contribution < -0.4 is 10.1 Å². The summed E-state index contributed by atoms with van der Waals surface area (Å²) in [4.78, 5) is 0. The van der Waals surface area contributed by atoms with Crippen molar-refractivity contribution in [3.8, 4) is 5.75 Å². The van der Waals surface area contributed by atoms with E-state index >= 15 is 0 Å². The summed E-state index contributed by atoms with van der Waals surface area (Å²) in [6.07, 6.45) is 0. The predicted octanol–water partition coefficient (Wildman–Crippen LogP) is 3.59. The minimum absolute atomic E-state index is 0.0290.